The molecule has 1 saturated carbocycles. The predicted molar refractivity (Wildman–Crippen MR) is 136 cm³/mol. The quantitative estimate of drug-likeness (QED) is 0.461. The Morgan fingerprint density at radius 1 is 0.857 bits per heavy atom. The molecule has 0 unspecified atom stereocenters. The van der Waals surface area contributed by atoms with Gasteiger partial charge in [-0.05, 0) is 60.7 Å². The molecular formula is C28H29N3O4. The van der Waals surface area contributed by atoms with Gasteiger partial charge in [-0.15, -0.1) is 0 Å². The number of nitrogens with zero attached hydrogens (tertiary/aromatic N) is 1. The van der Waals surface area contributed by atoms with Gasteiger partial charge in [0.05, 0.1) is 18.9 Å². The molecule has 7 nitrogen and oxygen atoms in total. The second kappa shape index (κ2) is 9.90. The molecule has 2 fully saturated rings. The Balaban J connectivity index is 1.28. The number of carbonyl (C=O) groups is 2. The fourth-order valence-electron chi connectivity index (χ4n) is 4.79. The van der Waals surface area contributed by atoms with Crippen molar-refractivity contribution in [2.24, 2.45) is 0 Å². The van der Waals surface area contributed by atoms with Crippen molar-refractivity contribution in [3.63, 3.8) is 0 Å². The van der Waals surface area contributed by atoms with E-state index in [1.165, 1.54) is 12.1 Å². The summed E-state index contributed by atoms with van der Waals surface area (Å²) in [5.41, 5.74) is 2.83. The normalized spacial score (nSPS) is 17.3. The highest BCUT2D eigenvalue weighted by molar-refractivity contribution is 6.06. The third-order valence-electron chi connectivity index (χ3n) is 6.98. The van der Waals surface area contributed by atoms with E-state index < -0.39 is 5.54 Å². The Kier molecular flexibility index (Phi) is 6.53. The maximum atomic E-state index is 13.3. The van der Waals surface area contributed by atoms with Gasteiger partial charge in [0.25, 0.3) is 5.91 Å². The Bertz CT molecular complexity index is 1200. The summed E-state index contributed by atoms with van der Waals surface area (Å²) >= 11 is 0. The molecule has 7 heteroatoms. The van der Waals surface area contributed by atoms with E-state index in [9.17, 15) is 14.7 Å². The topological polar surface area (TPSA) is 90.9 Å². The maximum Gasteiger partial charge on any atom is 0.255 e. The SMILES string of the molecule is O=C(Nc1ccc(-c2ccccc2)cc1)c1ccc(O)c(NC(=O)C2(N3CCOCC3)CCC2)c1. The molecule has 3 aromatic carbocycles. The molecule has 0 spiro atoms. The predicted octanol–water partition coefficient (Wildman–Crippen LogP) is 4.50. The zero-order chi connectivity index (χ0) is 24.3. The van der Waals surface area contributed by atoms with E-state index in [-0.39, 0.29) is 23.3 Å². The average molecular weight is 472 g/mol. The van der Waals surface area contributed by atoms with Crippen LogP contribution in [0.2, 0.25) is 0 Å². The van der Waals surface area contributed by atoms with Crippen LogP contribution in [-0.2, 0) is 9.53 Å². The molecule has 1 aliphatic carbocycles. The van der Waals surface area contributed by atoms with Crippen LogP contribution in [0, 0.1) is 0 Å². The van der Waals surface area contributed by atoms with Crippen molar-refractivity contribution in [1.29, 1.82) is 0 Å². The lowest BCUT2D eigenvalue weighted by atomic mass is 9.74. The van der Waals surface area contributed by atoms with Crippen molar-refractivity contribution < 1.29 is 19.4 Å². The maximum absolute atomic E-state index is 13.3. The van der Waals surface area contributed by atoms with E-state index in [0.29, 0.717) is 37.6 Å². The number of ether oxygens (including phenoxy) is 1. The third kappa shape index (κ3) is 4.78. The van der Waals surface area contributed by atoms with Gasteiger partial charge in [0.15, 0.2) is 0 Å². The number of hydrogen-bond acceptors (Lipinski definition) is 5. The lowest BCUT2D eigenvalue weighted by Crippen LogP contribution is -2.63. The first-order valence-corrected chi connectivity index (χ1v) is 12.0. The molecule has 35 heavy (non-hydrogen) atoms. The summed E-state index contributed by atoms with van der Waals surface area (Å²) < 4.78 is 5.44. The number of benzene rings is 3. The molecule has 1 heterocycles. The van der Waals surface area contributed by atoms with Gasteiger partial charge in [-0.1, -0.05) is 42.5 Å². The number of amides is 2. The first-order valence-electron chi connectivity index (χ1n) is 12.0. The number of rotatable bonds is 6. The minimum Gasteiger partial charge on any atom is -0.506 e. The molecule has 2 amide bonds. The first-order chi connectivity index (χ1) is 17.0. The standard InChI is InChI=1S/C28H29N3O4/c32-25-12-9-22(26(33)29-23-10-7-21(8-11-23)20-5-2-1-3-6-20)19-24(25)30-27(34)28(13-4-14-28)31-15-17-35-18-16-31/h1-3,5-12,19,32H,4,13-18H2,(H,29,33)(H,30,34). The van der Waals surface area contributed by atoms with Crippen LogP contribution in [0.5, 0.6) is 5.75 Å². The fourth-order valence-corrected chi connectivity index (χ4v) is 4.79. The summed E-state index contributed by atoms with van der Waals surface area (Å²) in [5, 5.41) is 16.2. The van der Waals surface area contributed by atoms with Gasteiger partial charge in [-0.3, -0.25) is 14.5 Å². The summed E-state index contributed by atoms with van der Waals surface area (Å²) in [6.45, 7) is 2.65. The molecule has 1 saturated heterocycles. The molecule has 0 radical (unpaired) electrons. The summed E-state index contributed by atoms with van der Waals surface area (Å²) in [7, 11) is 0. The van der Waals surface area contributed by atoms with E-state index in [2.05, 4.69) is 15.5 Å². The van der Waals surface area contributed by atoms with E-state index >= 15 is 0 Å². The molecule has 0 atom stereocenters. The molecule has 3 N–H and O–H groups in total. The lowest BCUT2D eigenvalue weighted by Gasteiger charge is -2.49. The van der Waals surface area contributed by atoms with Crippen LogP contribution in [0.25, 0.3) is 11.1 Å². The number of phenolic OH excluding ortho intramolecular Hbond substituents is 1. The number of anilines is 2. The highest BCUT2D eigenvalue weighted by Crippen LogP contribution is 2.40. The number of morpholine rings is 1. The van der Waals surface area contributed by atoms with Crippen molar-refractivity contribution in [3.05, 3.63) is 78.4 Å². The zero-order valence-corrected chi connectivity index (χ0v) is 19.5. The summed E-state index contributed by atoms with van der Waals surface area (Å²) in [6.07, 6.45) is 2.54. The summed E-state index contributed by atoms with van der Waals surface area (Å²) in [4.78, 5) is 28.4. The summed E-state index contributed by atoms with van der Waals surface area (Å²) in [5.74, 6) is -0.534. The molecule has 2 aliphatic rings. The number of aromatic hydroxyl groups is 1. The molecule has 3 aromatic rings. The highest BCUT2D eigenvalue weighted by Gasteiger charge is 2.49. The van der Waals surface area contributed by atoms with Gasteiger partial charge in [-0.2, -0.15) is 0 Å². The van der Waals surface area contributed by atoms with Crippen LogP contribution in [0.3, 0.4) is 0 Å². The van der Waals surface area contributed by atoms with Gasteiger partial charge >= 0.3 is 0 Å². The lowest BCUT2D eigenvalue weighted by molar-refractivity contribution is -0.139. The highest BCUT2D eigenvalue weighted by atomic mass is 16.5. The van der Waals surface area contributed by atoms with Crippen LogP contribution >= 0.6 is 0 Å². The second-order valence-corrected chi connectivity index (χ2v) is 9.07. The van der Waals surface area contributed by atoms with Gasteiger partial charge in [-0.25, -0.2) is 0 Å². The monoisotopic (exact) mass is 471 g/mol. The molecular weight excluding hydrogens is 442 g/mol. The van der Waals surface area contributed by atoms with Gasteiger partial charge < -0.3 is 20.5 Å². The third-order valence-corrected chi connectivity index (χ3v) is 6.98. The Morgan fingerprint density at radius 3 is 2.20 bits per heavy atom. The first kappa shape index (κ1) is 23.1. The Labute approximate surface area is 204 Å². The fraction of sp³-hybridized carbons (Fsp3) is 0.286. The number of hydrogen-bond donors (Lipinski definition) is 3. The second-order valence-electron chi connectivity index (χ2n) is 9.07. The van der Waals surface area contributed by atoms with Gasteiger partial charge in [0.1, 0.15) is 11.3 Å². The van der Waals surface area contributed by atoms with Crippen LogP contribution in [0.15, 0.2) is 72.8 Å². The molecule has 0 aromatic heterocycles. The van der Waals surface area contributed by atoms with Crippen LogP contribution in [0.1, 0.15) is 29.6 Å². The van der Waals surface area contributed by atoms with Crippen LogP contribution < -0.4 is 10.6 Å². The molecule has 5 rings (SSSR count). The minimum absolute atomic E-state index is 0.0708. The van der Waals surface area contributed by atoms with Crippen LogP contribution in [0.4, 0.5) is 11.4 Å². The number of nitrogens with one attached hydrogen (secondary N) is 2. The van der Waals surface area contributed by atoms with Gasteiger partial charge in [0.2, 0.25) is 5.91 Å². The largest absolute Gasteiger partial charge is 0.506 e. The van der Waals surface area contributed by atoms with Crippen molar-refractivity contribution >= 4 is 23.2 Å². The molecule has 0 bridgehead atoms. The van der Waals surface area contributed by atoms with Gasteiger partial charge in [0, 0.05) is 24.3 Å². The van der Waals surface area contributed by atoms with E-state index in [4.69, 9.17) is 4.74 Å². The van der Waals surface area contributed by atoms with Crippen LogP contribution in [-0.4, -0.2) is 53.7 Å². The van der Waals surface area contributed by atoms with Crippen molar-refractivity contribution in [2.75, 3.05) is 36.9 Å². The minimum atomic E-state index is -0.574. The number of phenols is 1. The Hall–Kier alpha value is -3.68. The van der Waals surface area contributed by atoms with Crippen molar-refractivity contribution in [1.82, 2.24) is 4.90 Å². The average Bonchev–Trinajstić information content (AvgIpc) is 2.86. The molecule has 180 valence electrons. The number of carbonyl (C=O) groups excluding carboxylic acids is 2. The zero-order valence-electron chi connectivity index (χ0n) is 19.5. The van der Waals surface area contributed by atoms with E-state index in [1.807, 2.05) is 54.6 Å². The van der Waals surface area contributed by atoms with E-state index in [1.54, 1.807) is 6.07 Å². The van der Waals surface area contributed by atoms with Crippen molar-refractivity contribution in [2.45, 2.75) is 24.8 Å². The smallest absolute Gasteiger partial charge is 0.255 e. The molecule has 1 aliphatic heterocycles. The van der Waals surface area contributed by atoms with E-state index in [0.717, 1.165) is 30.4 Å². The van der Waals surface area contributed by atoms with Crippen molar-refractivity contribution in [3.8, 4) is 16.9 Å². The summed E-state index contributed by atoms with van der Waals surface area (Å²) in [6, 6.07) is 22.1. The Morgan fingerprint density at radius 2 is 1.54 bits per heavy atom.